The lowest BCUT2D eigenvalue weighted by molar-refractivity contribution is -0.385. The Morgan fingerprint density at radius 2 is 2.10 bits per heavy atom. The van der Waals surface area contributed by atoms with E-state index in [9.17, 15) is 14.5 Å². The third-order valence-electron chi connectivity index (χ3n) is 2.86. The number of nitro groups is 1. The second-order valence-electron chi connectivity index (χ2n) is 4.46. The molecule has 0 aliphatic heterocycles. The fourth-order valence-electron chi connectivity index (χ4n) is 1.81. The fourth-order valence-corrected chi connectivity index (χ4v) is 1.81. The lowest BCUT2D eigenvalue weighted by Crippen LogP contribution is -1.99. The summed E-state index contributed by atoms with van der Waals surface area (Å²) in [6.45, 7) is 1.79. The zero-order valence-electron chi connectivity index (χ0n) is 11.2. The molecule has 2 aromatic rings. The van der Waals surface area contributed by atoms with Crippen molar-refractivity contribution in [3.05, 3.63) is 69.0 Å². The van der Waals surface area contributed by atoms with Crippen LogP contribution in [-0.2, 0) is 6.61 Å². The molecule has 0 bridgehead atoms. The molecule has 0 atom stereocenters. The highest BCUT2D eigenvalue weighted by Gasteiger charge is 2.10. The third kappa shape index (κ3) is 3.54. The van der Waals surface area contributed by atoms with Gasteiger partial charge in [-0.15, -0.1) is 0 Å². The summed E-state index contributed by atoms with van der Waals surface area (Å²) in [4.78, 5) is 10.0. The minimum atomic E-state index is -0.690. The second-order valence-corrected chi connectivity index (χ2v) is 4.46. The summed E-state index contributed by atoms with van der Waals surface area (Å²) in [5, 5.41) is 19.5. The van der Waals surface area contributed by atoms with Crippen LogP contribution in [0.15, 0.2) is 36.4 Å². The first kappa shape index (κ1) is 14.5. The van der Waals surface area contributed by atoms with Crippen LogP contribution in [0.5, 0.6) is 5.75 Å². The average Bonchev–Trinajstić information content (AvgIpc) is 2.46. The highest BCUT2D eigenvalue weighted by atomic mass is 19.1. The molecule has 2 aromatic carbocycles. The fraction of sp³-hybridized carbons (Fsp3) is 0.133. The lowest BCUT2D eigenvalue weighted by Gasteiger charge is -2.09. The van der Waals surface area contributed by atoms with Gasteiger partial charge in [-0.3, -0.25) is 10.1 Å². The Balaban J connectivity index is 2.20. The number of hydrogen-bond acceptors (Lipinski definition) is 4. The van der Waals surface area contributed by atoms with Gasteiger partial charge in [0.2, 0.25) is 0 Å². The van der Waals surface area contributed by atoms with Gasteiger partial charge >= 0.3 is 0 Å². The maximum Gasteiger partial charge on any atom is 0.272 e. The maximum absolute atomic E-state index is 13.3. The van der Waals surface area contributed by atoms with Crippen molar-refractivity contribution in [2.75, 3.05) is 0 Å². The molecule has 0 heterocycles. The first-order valence-corrected chi connectivity index (χ1v) is 6.07. The Kier molecular flexibility index (Phi) is 4.14. The van der Waals surface area contributed by atoms with Crippen molar-refractivity contribution in [2.45, 2.75) is 13.5 Å². The van der Waals surface area contributed by atoms with Gasteiger partial charge in [-0.25, -0.2) is 4.39 Å². The van der Waals surface area contributed by atoms with Crippen molar-refractivity contribution in [2.24, 2.45) is 0 Å². The van der Waals surface area contributed by atoms with Crippen molar-refractivity contribution in [1.82, 2.24) is 0 Å². The van der Waals surface area contributed by atoms with Gasteiger partial charge in [0.15, 0.2) is 0 Å². The number of ether oxygens (including phenoxy) is 1. The van der Waals surface area contributed by atoms with Gasteiger partial charge in [-0.05, 0) is 36.2 Å². The van der Waals surface area contributed by atoms with E-state index in [1.807, 2.05) is 13.0 Å². The van der Waals surface area contributed by atoms with Crippen molar-refractivity contribution >= 4 is 5.69 Å². The molecule has 0 radical (unpaired) electrons. The zero-order valence-corrected chi connectivity index (χ0v) is 11.2. The summed E-state index contributed by atoms with van der Waals surface area (Å²) in [7, 11) is 0. The van der Waals surface area contributed by atoms with Gasteiger partial charge in [0.05, 0.1) is 22.6 Å². The molecular weight excluding hydrogens is 275 g/mol. The second kappa shape index (κ2) is 6.01. The number of hydrogen-bond donors (Lipinski definition) is 0. The van der Waals surface area contributed by atoms with Crippen LogP contribution in [0.25, 0.3) is 0 Å². The number of halogens is 1. The standard InChI is InChI=1S/C15H11FN2O3/c1-10-2-3-11(8-17)6-15(10)21-9-12-4-13(16)7-14(5-12)18(19)20/h2-7H,9H2,1H3. The van der Waals surface area contributed by atoms with E-state index in [0.717, 1.165) is 11.6 Å². The number of non-ortho nitro benzene ring substituents is 1. The normalized spacial score (nSPS) is 9.95. The number of nitrogens with zero attached hydrogens (tertiary/aromatic N) is 2. The molecule has 0 saturated heterocycles. The van der Waals surface area contributed by atoms with Crippen molar-refractivity contribution in [3.63, 3.8) is 0 Å². The summed E-state index contributed by atoms with van der Waals surface area (Å²) in [5.74, 6) is -0.203. The molecule has 0 spiro atoms. The van der Waals surface area contributed by atoms with Gasteiger partial charge in [0.1, 0.15) is 18.2 Å². The molecule has 0 aromatic heterocycles. The first-order valence-electron chi connectivity index (χ1n) is 6.07. The number of nitriles is 1. The molecule has 5 nitrogen and oxygen atoms in total. The van der Waals surface area contributed by atoms with E-state index in [1.54, 1.807) is 18.2 Å². The van der Waals surface area contributed by atoms with Gasteiger partial charge < -0.3 is 4.74 Å². The van der Waals surface area contributed by atoms with Crippen LogP contribution in [0.2, 0.25) is 0 Å². The van der Waals surface area contributed by atoms with E-state index in [4.69, 9.17) is 10.00 Å². The van der Waals surface area contributed by atoms with Crippen molar-refractivity contribution < 1.29 is 14.1 Å². The van der Waals surface area contributed by atoms with Crippen molar-refractivity contribution in [1.29, 1.82) is 5.26 Å². The summed E-state index contributed by atoms with van der Waals surface area (Å²) >= 11 is 0. The molecule has 21 heavy (non-hydrogen) atoms. The van der Waals surface area contributed by atoms with Gasteiger partial charge in [-0.2, -0.15) is 5.26 Å². The quantitative estimate of drug-likeness (QED) is 0.636. The predicted molar refractivity (Wildman–Crippen MR) is 73.3 cm³/mol. The van der Waals surface area contributed by atoms with Gasteiger partial charge in [-0.1, -0.05) is 6.07 Å². The Morgan fingerprint density at radius 1 is 1.33 bits per heavy atom. The van der Waals surface area contributed by atoms with Crippen LogP contribution in [0.4, 0.5) is 10.1 Å². The lowest BCUT2D eigenvalue weighted by atomic mass is 10.1. The summed E-state index contributed by atoms with van der Waals surface area (Å²) in [6.07, 6.45) is 0. The highest BCUT2D eigenvalue weighted by molar-refractivity contribution is 5.42. The van der Waals surface area contributed by atoms with E-state index >= 15 is 0 Å². The number of aryl methyl sites for hydroxylation is 1. The minimum absolute atomic E-state index is 0.0195. The van der Waals surface area contributed by atoms with Crippen LogP contribution in [0, 0.1) is 34.2 Å². The van der Waals surface area contributed by atoms with Gasteiger partial charge in [0, 0.05) is 6.07 Å². The van der Waals surface area contributed by atoms with E-state index < -0.39 is 10.7 Å². The molecule has 2 rings (SSSR count). The molecule has 106 valence electrons. The first-order chi connectivity index (χ1) is 9.99. The monoisotopic (exact) mass is 286 g/mol. The molecule has 0 fully saturated rings. The number of nitro benzene ring substituents is 1. The van der Waals surface area contributed by atoms with E-state index in [-0.39, 0.29) is 12.3 Å². The molecular formula is C15H11FN2O3. The SMILES string of the molecule is Cc1ccc(C#N)cc1OCc1cc(F)cc([N+](=O)[O-])c1. The molecule has 6 heteroatoms. The molecule has 0 amide bonds. The Morgan fingerprint density at radius 3 is 2.76 bits per heavy atom. The maximum atomic E-state index is 13.3. The van der Waals surface area contributed by atoms with Crippen LogP contribution >= 0.6 is 0 Å². The van der Waals surface area contributed by atoms with Crippen LogP contribution < -0.4 is 4.74 Å². The zero-order chi connectivity index (χ0) is 15.4. The number of benzene rings is 2. The average molecular weight is 286 g/mol. The van der Waals surface area contributed by atoms with Crippen LogP contribution in [-0.4, -0.2) is 4.92 Å². The minimum Gasteiger partial charge on any atom is -0.489 e. The summed E-state index contributed by atoms with van der Waals surface area (Å²) in [5.41, 5.74) is 1.29. The Labute approximate surface area is 120 Å². The van der Waals surface area contributed by atoms with E-state index in [2.05, 4.69) is 0 Å². The summed E-state index contributed by atoms with van der Waals surface area (Å²) < 4.78 is 18.8. The van der Waals surface area contributed by atoms with Crippen LogP contribution in [0.1, 0.15) is 16.7 Å². The summed E-state index contributed by atoms with van der Waals surface area (Å²) in [6, 6.07) is 10.3. The smallest absolute Gasteiger partial charge is 0.272 e. The Bertz CT molecular complexity index is 738. The molecule has 0 aliphatic carbocycles. The topological polar surface area (TPSA) is 76.2 Å². The highest BCUT2D eigenvalue weighted by Crippen LogP contribution is 2.22. The molecule has 0 unspecified atom stereocenters. The third-order valence-corrected chi connectivity index (χ3v) is 2.86. The van der Waals surface area contributed by atoms with Gasteiger partial charge in [0.25, 0.3) is 5.69 Å². The molecule has 0 saturated carbocycles. The largest absolute Gasteiger partial charge is 0.489 e. The van der Waals surface area contributed by atoms with Crippen molar-refractivity contribution in [3.8, 4) is 11.8 Å². The number of rotatable bonds is 4. The molecule has 0 aliphatic rings. The van der Waals surface area contributed by atoms with E-state index in [0.29, 0.717) is 16.9 Å². The predicted octanol–water partition coefficient (Wildman–Crippen LogP) is 3.49. The van der Waals surface area contributed by atoms with E-state index in [1.165, 1.54) is 12.1 Å². The molecule has 0 N–H and O–H groups in total. The Hall–Kier alpha value is -2.94. The van der Waals surface area contributed by atoms with Crippen LogP contribution in [0.3, 0.4) is 0 Å².